The van der Waals surface area contributed by atoms with E-state index in [4.69, 9.17) is 14.2 Å². The van der Waals surface area contributed by atoms with Crippen molar-refractivity contribution in [2.24, 2.45) is 0 Å². The predicted molar refractivity (Wildman–Crippen MR) is 103 cm³/mol. The van der Waals surface area contributed by atoms with Gasteiger partial charge in [0.1, 0.15) is 23.1 Å². The number of H-pyrrole nitrogens is 1. The van der Waals surface area contributed by atoms with Gasteiger partial charge in [-0.15, -0.1) is 0 Å². The second-order valence-corrected chi connectivity index (χ2v) is 5.97. The van der Waals surface area contributed by atoms with Crippen LogP contribution in [0.3, 0.4) is 0 Å². The summed E-state index contributed by atoms with van der Waals surface area (Å²) in [5.41, 5.74) is 0.796. The highest BCUT2D eigenvalue weighted by Crippen LogP contribution is 2.33. The maximum absolute atomic E-state index is 14.5. The first-order valence-electron chi connectivity index (χ1n) is 8.88. The third-order valence-corrected chi connectivity index (χ3v) is 4.18. The molecule has 0 unspecified atom stereocenters. The molecule has 0 saturated heterocycles. The lowest BCUT2D eigenvalue weighted by atomic mass is 10.0. The van der Waals surface area contributed by atoms with E-state index in [0.717, 1.165) is 6.42 Å². The predicted octanol–water partition coefficient (Wildman–Crippen LogP) is 4.53. The number of fused-ring (bicyclic) bond motifs is 1. The van der Waals surface area contributed by atoms with E-state index in [1.54, 1.807) is 24.4 Å². The topological polar surface area (TPSA) is 60.6 Å². The van der Waals surface area contributed by atoms with Crippen LogP contribution in [0, 0.1) is 5.82 Å². The Morgan fingerprint density at radius 3 is 2.56 bits per heavy atom. The quantitative estimate of drug-likeness (QED) is 0.663. The number of nitrogens with one attached hydrogen (secondary N) is 1. The van der Waals surface area contributed by atoms with Crippen molar-refractivity contribution < 1.29 is 18.6 Å². The number of aromatic amines is 1. The standard InChI is InChI=1S/C21H22FNO4/c1-4-10-27-17-9-8-16(22)19-20(17)23-12-15(21(19)24)14-7-6-13(26-5-2)11-18(14)25-3/h6-9,11-12H,4-5,10H2,1-3H3,(H,23,24). The third kappa shape index (κ3) is 3.60. The van der Waals surface area contributed by atoms with Gasteiger partial charge in [-0.25, -0.2) is 4.39 Å². The summed E-state index contributed by atoms with van der Waals surface area (Å²) in [7, 11) is 1.51. The highest BCUT2D eigenvalue weighted by molar-refractivity contribution is 5.89. The van der Waals surface area contributed by atoms with E-state index in [1.165, 1.54) is 19.2 Å². The monoisotopic (exact) mass is 371 g/mol. The molecule has 0 fully saturated rings. The van der Waals surface area contributed by atoms with Crippen LogP contribution in [0.5, 0.6) is 17.2 Å². The van der Waals surface area contributed by atoms with E-state index < -0.39 is 11.2 Å². The number of hydrogen-bond donors (Lipinski definition) is 1. The Kier molecular flexibility index (Phi) is 5.64. The van der Waals surface area contributed by atoms with Gasteiger partial charge in [-0.2, -0.15) is 0 Å². The summed E-state index contributed by atoms with van der Waals surface area (Å²) in [5, 5.41) is -0.0305. The molecule has 3 rings (SSSR count). The van der Waals surface area contributed by atoms with Crippen LogP contribution < -0.4 is 19.6 Å². The van der Waals surface area contributed by atoms with Gasteiger partial charge in [-0.05, 0) is 37.6 Å². The van der Waals surface area contributed by atoms with Crippen molar-refractivity contribution in [2.45, 2.75) is 20.3 Å². The number of pyridine rings is 1. The summed E-state index contributed by atoms with van der Waals surface area (Å²) in [6, 6.07) is 7.97. The molecule has 0 aliphatic heterocycles. The molecule has 0 spiro atoms. The number of halogens is 1. The van der Waals surface area contributed by atoms with Crippen molar-refractivity contribution >= 4 is 10.9 Å². The first-order valence-corrected chi connectivity index (χ1v) is 8.88. The zero-order valence-electron chi connectivity index (χ0n) is 15.6. The van der Waals surface area contributed by atoms with Crippen LogP contribution in [-0.2, 0) is 0 Å². The lowest BCUT2D eigenvalue weighted by Crippen LogP contribution is -2.10. The molecule has 1 N–H and O–H groups in total. The van der Waals surface area contributed by atoms with Crippen molar-refractivity contribution in [1.82, 2.24) is 4.98 Å². The van der Waals surface area contributed by atoms with Crippen LogP contribution in [0.25, 0.3) is 22.0 Å². The molecule has 0 amide bonds. The summed E-state index contributed by atoms with van der Waals surface area (Å²) < 4.78 is 31.0. The molecular weight excluding hydrogens is 349 g/mol. The van der Waals surface area contributed by atoms with Gasteiger partial charge in [0.2, 0.25) is 0 Å². The molecule has 1 heterocycles. The molecule has 0 atom stereocenters. The molecule has 5 nitrogen and oxygen atoms in total. The second-order valence-electron chi connectivity index (χ2n) is 5.97. The maximum Gasteiger partial charge on any atom is 0.200 e. The number of methoxy groups -OCH3 is 1. The second kappa shape index (κ2) is 8.12. The molecule has 142 valence electrons. The van der Waals surface area contributed by atoms with Gasteiger partial charge in [-0.3, -0.25) is 4.79 Å². The Morgan fingerprint density at radius 2 is 1.85 bits per heavy atom. The van der Waals surface area contributed by atoms with Gasteiger partial charge in [0, 0.05) is 23.4 Å². The van der Waals surface area contributed by atoms with E-state index in [1.807, 2.05) is 13.8 Å². The molecule has 3 aromatic rings. The number of rotatable bonds is 7. The normalized spacial score (nSPS) is 10.8. The number of benzene rings is 2. The molecule has 0 radical (unpaired) electrons. The van der Waals surface area contributed by atoms with E-state index in [2.05, 4.69) is 4.98 Å². The molecule has 1 aromatic heterocycles. The Hall–Kier alpha value is -3.02. The van der Waals surface area contributed by atoms with Crippen LogP contribution in [0.4, 0.5) is 4.39 Å². The van der Waals surface area contributed by atoms with Crippen LogP contribution in [0.2, 0.25) is 0 Å². The van der Waals surface area contributed by atoms with E-state index in [0.29, 0.717) is 47.1 Å². The van der Waals surface area contributed by atoms with Crippen molar-refractivity contribution in [3.8, 4) is 28.4 Å². The summed E-state index contributed by atoms with van der Waals surface area (Å²) in [5.74, 6) is 0.971. The maximum atomic E-state index is 14.5. The first kappa shape index (κ1) is 18.8. The summed E-state index contributed by atoms with van der Waals surface area (Å²) >= 11 is 0. The fourth-order valence-corrected chi connectivity index (χ4v) is 2.95. The fraction of sp³-hybridized carbons (Fsp3) is 0.286. The zero-order valence-corrected chi connectivity index (χ0v) is 15.6. The number of ether oxygens (including phenoxy) is 3. The minimum atomic E-state index is -0.596. The third-order valence-electron chi connectivity index (χ3n) is 4.18. The van der Waals surface area contributed by atoms with Crippen molar-refractivity contribution in [3.63, 3.8) is 0 Å². The van der Waals surface area contributed by atoms with E-state index >= 15 is 0 Å². The summed E-state index contributed by atoms with van der Waals surface area (Å²) in [4.78, 5) is 16.1. The zero-order chi connectivity index (χ0) is 19.4. The Balaban J connectivity index is 2.18. The molecule has 6 heteroatoms. The largest absolute Gasteiger partial charge is 0.496 e. The smallest absolute Gasteiger partial charge is 0.200 e. The van der Waals surface area contributed by atoms with Crippen molar-refractivity contribution in [3.05, 3.63) is 52.6 Å². The van der Waals surface area contributed by atoms with Crippen molar-refractivity contribution in [1.29, 1.82) is 0 Å². The lowest BCUT2D eigenvalue weighted by molar-refractivity contribution is 0.320. The average molecular weight is 371 g/mol. The molecule has 2 aromatic carbocycles. The van der Waals surface area contributed by atoms with Crippen LogP contribution >= 0.6 is 0 Å². The SMILES string of the molecule is CCCOc1ccc(F)c2c(=O)c(-c3ccc(OCC)cc3OC)c[nH]c12. The Labute approximate surface area is 156 Å². The first-order chi connectivity index (χ1) is 13.1. The fourth-order valence-electron chi connectivity index (χ4n) is 2.95. The van der Waals surface area contributed by atoms with Crippen molar-refractivity contribution in [2.75, 3.05) is 20.3 Å². The average Bonchev–Trinajstić information content (AvgIpc) is 2.68. The minimum absolute atomic E-state index is 0.0305. The molecule has 0 aliphatic rings. The van der Waals surface area contributed by atoms with Crippen LogP contribution in [0.1, 0.15) is 20.3 Å². The summed E-state index contributed by atoms with van der Waals surface area (Å²) in [6.07, 6.45) is 2.37. The van der Waals surface area contributed by atoms with Gasteiger partial charge in [0.15, 0.2) is 5.43 Å². The molecule has 0 aliphatic carbocycles. The Bertz CT molecular complexity index is 1010. The van der Waals surface area contributed by atoms with E-state index in [9.17, 15) is 9.18 Å². The van der Waals surface area contributed by atoms with E-state index in [-0.39, 0.29) is 5.39 Å². The minimum Gasteiger partial charge on any atom is -0.496 e. The highest BCUT2D eigenvalue weighted by atomic mass is 19.1. The van der Waals surface area contributed by atoms with Gasteiger partial charge in [0.05, 0.1) is 31.2 Å². The van der Waals surface area contributed by atoms with Gasteiger partial charge in [-0.1, -0.05) is 6.92 Å². The number of hydrogen-bond acceptors (Lipinski definition) is 4. The lowest BCUT2D eigenvalue weighted by Gasteiger charge is -2.13. The van der Waals surface area contributed by atoms with Gasteiger partial charge in [0.25, 0.3) is 0 Å². The van der Waals surface area contributed by atoms with Gasteiger partial charge >= 0.3 is 0 Å². The molecular formula is C21H22FNO4. The Morgan fingerprint density at radius 1 is 1.04 bits per heavy atom. The highest BCUT2D eigenvalue weighted by Gasteiger charge is 2.17. The molecule has 27 heavy (non-hydrogen) atoms. The number of aromatic nitrogens is 1. The van der Waals surface area contributed by atoms with Gasteiger partial charge < -0.3 is 19.2 Å². The van der Waals surface area contributed by atoms with Crippen LogP contribution in [-0.4, -0.2) is 25.3 Å². The summed E-state index contributed by atoms with van der Waals surface area (Å²) in [6.45, 7) is 4.86. The molecule has 0 bridgehead atoms. The molecule has 0 saturated carbocycles. The van der Waals surface area contributed by atoms with Crippen LogP contribution in [0.15, 0.2) is 41.3 Å².